The van der Waals surface area contributed by atoms with E-state index < -0.39 is 8.07 Å². The molecule has 4 aromatic heterocycles. The first-order valence-corrected chi connectivity index (χ1v) is 24.0. The van der Waals surface area contributed by atoms with Crippen LogP contribution in [0.15, 0.2) is 145 Å². The summed E-state index contributed by atoms with van der Waals surface area (Å²) in [7, 11) is -1.35. The highest BCUT2D eigenvalue weighted by Gasteiger charge is 2.33. The number of benzene rings is 3. The van der Waals surface area contributed by atoms with Gasteiger partial charge in [-0.1, -0.05) is 123 Å². The number of amides is 1. The Morgan fingerprint density at radius 1 is 0.845 bits per heavy atom. The van der Waals surface area contributed by atoms with Crippen molar-refractivity contribution in [3.63, 3.8) is 0 Å². The zero-order valence-corrected chi connectivity index (χ0v) is 34.8. The molecule has 0 radical (unpaired) electrons. The highest BCUT2D eigenvalue weighted by Crippen LogP contribution is 2.36. The molecule has 3 aromatic carbocycles. The molecule has 0 unspecified atom stereocenters. The number of carbonyl (C=O) groups excluding carboxylic acids is 1. The summed E-state index contributed by atoms with van der Waals surface area (Å²) >= 11 is 0. The molecule has 1 aliphatic carbocycles. The van der Waals surface area contributed by atoms with E-state index in [1.807, 2.05) is 102 Å². The van der Waals surface area contributed by atoms with Crippen molar-refractivity contribution < 1.29 is 9.53 Å². The number of carbonyl (C=O) groups is 1. The maximum atomic E-state index is 15.4. The van der Waals surface area contributed by atoms with Gasteiger partial charge in [0.15, 0.2) is 5.82 Å². The molecule has 0 spiro atoms. The second-order valence-corrected chi connectivity index (χ2v) is 21.9. The number of aryl methyl sites for hydroxylation is 2. The Labute approximate surface area is 342 Å². The van der Waals surface area contributed by atoms with Gasteiger partial charge in [-0.2, -0.15) is 0 Å². The number of ether oxygens (including phenoxy) is 1. The van der Waals surface area contributed by atoms with Crippen molar-refractivity contribution in [3.05, 3.63) is 179 Å². The van der Waals surface area contributed by atoms with Crippen LogP contribution in [0.5, 0.6) is 0 Å². The van der Waals surface area contributed by atoms with Crippen molar-refractivity contribution >= 4 is 36.5 Å². The third-order valence-electron chi connectivity index (χ3n) is 10.9. The molecule has 0 bridgehead atoms. The van der Waals surface area contributed by atoms with E-state index in [0.717, 1.165) is 75.7 Å². The summed E-state index contributed by atoms with van der Waals surface area (Å²) in [4.78, 5) is 37.5. The molecule has 9 heteroatoms. The minimum Gasteiger partial charge on any atom is -0.361 e. The molecule has 4 heterocycles. The number of rotatable bonds is 13. The molecule has 0 aliphatic heterocycles. The van der Waals surface area contributed by atoms with Gasteiger partial charge in [0.05, 0.1) is 40.7 Å². The Balaban J connectivity index is 1.22. The highest BCUT2D eigenvalue weighted by atomic mass is 28.3. The van der Waals surface area contributed by atoms with Crippen LogP contribution in [0, 0.1) is 6.92 Å². The van der Waals surface area contributed by atoms with Crippen molar-refractivity contribution in [1.82, 2.24) is 24.4 Å². The fourth-order valence-electron chi connectivity index (χ4n) is 7.67. The topological polar surface area (TPSA) is 85.5 Å². The van der Waals surface area contributed by atoms with Gasteiger partial charge in [0, 0.05) is 43.8 Å². The molecule has 1 atom stereocenters. The van der Waals surface area contributed by atoms with Gasteiger partial charge in [0.25, 0.3) is 5.91 Å². The third kappa shape index (κ3) is 8.76. The maximum absolute atomic E-state index is 15.4. The lowest BCUT2D eigenvalue weighted by Crippen LogP contribution is -2.38. The van der Waals surface area contributed by atoms with Gasteiger partial charge in [-0.15, -0.1) is 0 Å². The van der Waals surface area contributed by atoms with Crippen molar-refractivity contribution in [1.29, 1.82) is 0 Å². The first-order chi connectivity index (χ1) is 28.2. The lowest BCUT2D eigenvalue weighted by Gasteiger charge is -2.35. The minimum absolute atomic E-state index is 0.110. The molecular weight excluding hydrogens is 733 g/mol. The van der Waals surface area contributed by atoms with Crippen LogP contribution in [-0.2, 0) is 24.4 Å². The lowest BCUT2D eigenvalue weighted by molar-refractivity contribution is 0.0575. The molecule has 0 saturated carbocycles. The van der Waals surface area contributed by atoms with Crippen molar-refractivity contribution in [2.75, 3.05) is 6.61 Å². The average Bonchev–Trinajstić information content (AvgIpc) is 3.60. The molecule has 0 saturated heterocycles. The van der Waals surface area contributed by atoms with Gasteiger partial charge in [-0.05, 0) is 73.2 Å². The average molecular weight is 783 g/mol. The molecular formula is C49H50N6O2Si. The van der Waals surface area contributed by atoms with Gasteiger partial charge in [-0.3, -0.25) is 14.8 Å². The van der Waals surface area contributed by atoms with Gasteiger partial charge in [0.1, 0.15) is 12.4 Å². The van der Waals surface area contributed by atoms with E-state index in [-0.39, 0.29) is 18.7 Å². The van der Waals surface area contributed by atoms with Crippen molar-refractivity contribution in [2.24, 2.45) is 4.99 Å². The first-order valence-electron chi connectivity index (χ1n) is 20.3. The number of nitrogens with zero attached hydrogens (tertiary/aromatic N) is 6. The summed E-state index contributed by atoms with van der Waals surface area (Å²) in [6.07, 6.45) is 6.45. The van der Waals surface area contributed by atoms with Crippen molar-refractivity contribution in [3.8, 4) is 11.1 Å². The van der Waals surface area contributed by atoms with Gasteiger partial charge in [-0.25, -0.2) is 9.98 Å². The summed E-state index contributed by atoms with van der Waals surface area (Å²) < 4.78 is 8.41. The first kappa shape index (κ1) is 38.8. The number of hydrogen-bond acceptors (Lipinski definition) is 6. The van der Waals surface area contributed by atoms with Crippen LogP contribution < -0.4 is 0 Å². The summed E-state index contributed by atoms with van der Waals surface area (Å²) in [5.74, 6) is 0.497. The third-order valence-corrected chi connectivity index (χ3v) is 12.6. The van der Waals surface area contributed by atoms with Crippen LogP contribution in [0.25, 0.3) is 22.2 Å². The predicted octanol–water partition coefficient (Wildman–Crippen LogP) is 11.0. The fourth-order valence-corrected chi connectivity index (χ4v) is 8.43. The minimum atomic E-state index is -1.35. The van der Waals surface area contributed by atoms with E-state index in [9.17, 15) is 0 Å². The van der Waals surface area contributed by atoms with E-state index in [4.69, 9.17) is 24.7 Å². The molecule has 1 amide bonds. The molecule has 8 nitrogen and oxygen atoms in total. The standard InChI is InChI=1S/C49H50N6O2Si/c1-35-30-44-42(52-48(35)53-46(37-18-10-6-11-19-37)38-20-12-7-13-21-38)31-45(55(44)34-57-28-29-58(2,3)4)49(56)54(43-24-14-22-39-23-15-27-50-47(39)43)33-41-26-25-40(32-51-41)36-16-8-5-9-17-36/h5-13,15-21,23,25-27,30-32,43H,14,22,24,28-29,33-34H2,1-4H3/t43-/m1/s1. The van der Waals surface area contributed by atoms with Crippen LogP contribution in [0.4, 0.5) is 5.82 Å². The van der Waals surface area contributed by atoms with Gasteiger partial charge < -0.3 is 14.2 Å². The van der Waals surface area contributed by atoms with Crippen molar-refractivity contribution in [2.45, 2.75) is 71.2 Å². The largest absolute Gasteiger partial charge is 0.361 e. The summed E-state index contributed by atoms with van der Waals surface area (Å²) in [6, 6.07) is 43.7. The lowest BCUT2D eigenvalue weighted by atomic mass is 9.90. The summed E-state index contributed by atoms with van der Waals surface area (Å²) in [6.45, 7) is 10.3. The van der Waals surface area contributed by atoms with Crippen LogP contribution in [0.1, 0.15) is 63.0 Å². The van der Waals surface area contributed by atoms with Crippen LogP contribution >= 0.6 is 0 Å². The molecule has 8 rings (SSSR count). The highest BCUT2D eigenvalue weighted by molar-refractivity contribution is 6.76. The SMILES string of the molecule is Cc1cc2c(cc(C(=O)N(Cc3ccc(-c4ccccc4)cn3)[C@@H]3CCCc4cccnc43)n2COCC[Si](C)(C)C)nc1N=C(c1ccccc1)c1ccccc1. The van der Waals surface area contributed by atoms with Gasteiger partial charge >= 0.3 is 0 Å². The van der Waals surface area contributed by atoms with Gasteiger partial charge in [0.2, 0.25) is 0 Å². The molecule has 292 valence electrons. The molecule has 58 heavy (non-hydrogen) atoms. The van der Waals surface area contributed by atoms with E-state index in [1.165, 1.54) is 5.56 Å². The summed E-state index contributed by atoms with van der Waals surface area (Å²) in [5, 5.41) is 0. The monoisotopic (exact) mass is 782 g/mol. The Kier molecular flexibility index (Phi) is 11.5. The number of aromatic nitrogens is 4. The molecule has 0 fully saturated rings. The number of aliphatic imine (C=N–C) groups is 1. The van der Waals surface area contributed by atoms with E-state index >= 15 is 4.79 Å². The molecule has 1 aliphatic rings. The van der Waals surface area contributed by atoms with E-state index in [0.29, 0.717) is 30.2 Å². The Hall–Kier alpha value is -6.03. The summed E-state index contributed by atoms with van der Waals surface area (Å²) in [5.41, 5.74) is 10.9. The number of fused-ring (bicyclic) bond motifs is 2. The number of pyridine rings is 3. The zero-order valence-electron chi connectivity index (χ0n) is 33.8. The maximum Gasteiger partial charge on any atom is 0.271 e. The fraction of sp³-hybridized carbons (Fsp3) is 0.245. The van der Waals surface area contributed by atoms with E-state index in [1.54, 1.807) is 0 Å². The Morgan fingerprint density at radius 3 is 2.22 bits per heavy atom. The molecule has 0 N–H and O–H groups in total. The van der Waals surface area contributed by atoms with Crippen LogP contribution in [0.2, 0.25) is 25.7 Å². The second-order valence-electron chi connectivity index (χ2n) is 16.3. The number of hydrogen-bond donors (Lipinski definition) is 0. The van der Waals surface area contributed by atoms with E-state index in [2.05, 4.69) is 74.2 Å². The normalized spacial score (nSPS) is 13.9. The Bertz CT molecular complexity index is 2490. The second kappa shape index (κ2) is 17.2. The predicted molar refractivity (Wildman–Crippen MR) is 236 cm³/mol. The quantitative estimate of drug-likeness (QED) is 0.0660. The van der Waals surface area contributed by atoms with Crippen LogP contribution in [-0.4, -0.2) is 50.7 Å². The smallest absolute Gasteiger partial charge is 0.271 e. The van der Waals surface area contributed by atoms with Crippen LogP contribution in [0.3, 0.4) is 0 Å². The Morgan fingerprint density at radius 2 is 1.55 bits per heavy atom. The zero-order chi connectivity index (χ0) is 40.1. The molecule has 7 aromatic rings.